The Balaban J connectivity index is 1.48. The van der Waals surface area contributed by atoms with Crippen LogP contribution in [0.4, 0.5) is 28.1 Å². The second-order valence-corrected chi connectivity index (χ2v) is 8.83. The number of carbonyl (C=O) groups excluding carboxylic acids is 1. The van der Waals surface area contributed by atoms with Crippen molar-refractivity contribution in [1.82, 2.24) is 15.0 Å². The van der Waals surface area contributed by atoms with Crippen LogP contribution >= 0.6 is 11.3 Å². The molecular formula is C23H24N6O2S. The minimum absolute atomic E-state index is 0.287. The molecule has 2 aromatic carbocycles. The van der Waals surface area contributed by atoms with Gasteiger partial charge in [-0.15, -0.1) is 0 Å². The number of ether oxygens (including phenoxy) is 1. The van der Waals surface area contributed by atoms with Crippen LogP contribution in [0, 0.1) is 12.8 Å². The number of hydrogen-bond acceptors (Lipinski definition) is 9. The van der Waals surface area contributed by atoms with Crippen molar-refractivity contribution in [3.8, 4) is 0 Å². The molecular weight excluding hydrogens is 424 g/mol. The van der Waals surface area contributed by atoms with Gasteiger partial charge in [0, 0.05) is 5.69 Å². The molecule has 0 saturated carbocycles. The number of nitrogen functional groups attached to an aromatic ring is 1. The summed E-state index contributed by atoms with van der Waals surface area (Å²) in [7, 11) is 0. The maximum Gasteiger partial charge on any atom is 0.338 e. The zero-order valence-corrected chi connectivity index (χ0v) is 18.9. The number of anilines is 5. The molecule has 0 spiro atoms. The van der Waals surface area contributed by atoms with Crippen molar-refractivity contribution in [1.29, 1.82) is 0 Å². The number of fused-ring (bicyclic) bond motifs is 1. The quantitative estimate of drug-likeness (QED) is 0.327. The predicted octanol–water partition coefficient (Wildman–Crippen LogP) is 5.28. The second-order valence-electron chi connectivity index (χ2n) is 7.79. The first-order valence-electron chi connectivity index (χ1n) is 10.2. The maximum absolute atomic E-state index is 12.1. The van der Waals surface area contributed by atoms with Gasteiger partial charge in [0.2, 0.25) is 0 Å². The average Bonchev–Trinajstić information content (AvgIpc) is 3.16. The number of hydrogen-bond donors (Lipinski definition) is 3. The van der Waals surface area contributed by atoms with E-state index < -0.39 is 0 Å². The van der Waals surface area contributed by atoms with Gasteiger partial charge in [0.15, 0.2) is 16.8 Å². The van der Waals surface area contributed by atoms with Crippen molar-refractivity contribution in [3.63, 3.8) is 0 Å². The lowest BCUT2D eigenvalue weighted by Gasteiger charge is -2.12. The summed E-state index contributed by atoms with van der Waals surface area (Å²) in [6.45, 7) is 6.43. The molecule has 0 radical (unpaired) electrons. The molecule has 0 atom stereocenters. The summed E-state index contributed by atoms with van der Waals surface area (Å²) in [5, 5.41) is 7.05. The van der Waals surface area contributed by atoms with Crippen molar-refractivity contribution in [3.05, 3.63) is 59.9 Å². The molecule has 32 heavy (non-hydrogen) atoms. The van der Waals surface area contributed by atoms with Crippen molar-refractivity contribution < 1.29 is 9.53 Å². The SMILES string of the molecule is Cc1ccc2nc(Nc3ncnc(Nc4ccc(C(=O)OCC(C)C)cc4)c3N)sc2c1. The smallest absolute Gasteiger partial charge is 0.338 e. The minimum Gasteiger partial charge on any atom is -0.462 e. The Labute approximate surface area is 189 Å². The zero-order chi connectivity index (χ0) is 22.7. The predicted molar refractivity (Wildman–Crippen MR) is 129 cm³/mol. The van der Waals surface area contributed by atoms with Gasteiger partial charge in [0.1, 0.15) is 12.0 Å². The molecule has 9 heteroatoms. The Morgan fingerprint density at radius 1 is 1.09 bits per heavy atom. The van der Waals surface area contributed by atoms with Crippen LogP contribution in [0.3, 0.4) is 0 Å². The van der Waals surface area contributed by atoms with Gasteiger partial charge in [-0.25, -0.2) is 19.7 Å². The summed E-state index contributed by atoms with van der Waals surface area (Å²) < 4.78 is 6.34. The zero-order valence-electron chi connectivity index (χ0n) is 18.0. The molecule has 4 N–H and O–H groups in total. The van der Waals surface area contributed by atoms with Gasteiger partial charge in [0.25, 0.3) is 0 Å². The Kier molecular flexibility index (Phi) is 6.18. The van der Waals surface area contributed by atoms with Gasteiger partial charge < -0.3 is 21.1 Å². The molecule has 0 amide bonds. The van der Waals surface area contributed by atoms with E-state index in [1.54, 1.807) is 24.3 Å². The molecule has 8 nitrogen and oxygen atoms in total. The molecule has 0 fully saturated rings. The highest BCUT2D eigenvalue weighted by Crippen LogP contribution is 2.32. The van der Waals surface area contributed by atoms with E-state index in [0.29, 0.717) is 34.6 Å². The lowest BCUT2D eigenvalue weighted by Crippen LogP contribution is -2.10. The van der Waals surface area contributed by atoms with Crippen LogP contribution < -0.4 is 16.4 Å². The lowest BCUT2D eigenvalue weighted by atomic mass is 10.2. The number of esters is 1. The standard InChI is InChI=1S/C23H24N6O2S/c1-13(2)11-31-22(30)15-5-7-16(8-6-15)27-20-19(24)21(26-12-25-20)29-23-28-17-9-4-14(3)10-18(17)32-23/h4-10,12-13H,11,24H2,1-3H3,(H2,25,26,27,28,29). The van der Waals surface area contributed by atoms with Crippen LogP contribution in [0.2, 0.25) is 0 Å². The van der Waals surface area contributed by atoms with Gasteiger partial charge in [-0.05, 0) is 54.8 Å². The first-order valence-corrected chi connectivity index (χ1v) is 11.0. The highest BCUT2D eigenvalue weighted by Gasteiger charge is 2.12. The minimum atomic E-state index is -0.343. The number of carbonyl (C=O) groups is 1. The van der Waals surface area contributed by atoms with E-state index >= 15 is 0 Å². The summed E-state index contributed by atoms with van der Waals surface area (Å²) in [6, 6.07) is 13.1. The molecule has 4 rings (SSSR count). The maximum atomic E-state index is 12.1. The van der Waals surface area contributed by atoms with Gasteiger partial charge >= 0.3 is 5.97 Å². The van der Waals surface area contributed by atoms with E-state index in [9.17, 15) is 4.79 Å². The molecule has 0 aliphatic heterocycles. The number of nitrogens with zero attached hydrogens (tertiary/aromatic N) is 3. The number of benzene rings is 2. The summed E-state index contributed by atoms with van der Waals surface area (Å²) in [5.74, 6) is 0.862. The fourth-order valence-corrected chi connectivity index (χ4v) is 3.90. The van der Waals surface area contributed by atoms with E-state index in [-0.39, 0.29) is 11.9 Å². The van der Waals surface area contributed by atoms with E-state index in [1.807, 2.05) is 32.9 Å². The lowest BCUT2D eigenvalue weighted by molar-refractivity contribution is 0.0459. The van der Waals surface area contributed by atoms with E-state index in [0.717, 1.165) is 15.9 Å². The number of thiazole rings is 1. The van der Waals surface area contributed by atoms with Crippen molar-refractivity contribution >= 4 is 55.7 Å². The summed E-state index contributed by atoms with van der Waals surface area (Å²) in [5.41, 5.74) is 9.98. The topological polar surface area (TPSA) is 115 Å². The number of nitrogens with two attached hydrogens (primary N) is 1. The summed E-state index contributed by atoms with van der Waals surface area (Å²) in [6.07, 6.45) is 1.43. The molecule has 0 unspecified atom stereocenters. The number of aryl methyl sites for hydroxylation is 1. The normalized spacial score (nSPS) is 11.0. The average molecular weight is 449 g/mol. The number of rotatable bonds is 7. The van der Waals surface area contributed by atoms with E-state index in [1.165, 1.54) is 23.2 Å². The molecule has 0 saturated heterocycles. The van der Waals surface area contributed by atoms with Crippen LogP contribution in [0.1, 0.15) is 29.8 Å². The Morgan fingerprint density at radius 2 is 1.81 bits per heavy atom. The fourth-order valence-electron chi connectivity index (χ4n) is 2.93. The highest BCUT2D eigenvalue weighted by atomic mass is 32.1. The Bertz CT molecular complexity index is 1250. The first-order chi connectivity index (χ1) is 15.4. The largest absolute Gasteiger partial charge is 0.462 e. The number of nitrogens with one attached hydrogen (secondary N) is 2. The molecule has 164 valence electrons. The fraction of sp³-hybridized carbons (Fsp3) is 0.217. The van der Waals surface area contributed by atoms with Crippen molar-refractivity contribution in [2.24, 2.45) is 5.92 Å². The van der Waals surface area contributed by atoms with Crippen LogP contribution in [-0.4, -0.2) is 27.5 Å². The third-order valence-electron chi connectivity index (χ3n) is 4.58. The van der Waals surface area contributed by atoms with Crippen molar-refractivity contribution in [2.45, 2.75) is 20.8 Å². The van der Waals surface area contributed by atoms with E-state index in [4.69, 9.17) is 10.5 Å². The first kappa shape index (κ1) is 21.5. The number of aromatic nitrogens is 3. The van der Waals surface area contributed by atoms with Crippen LogP contribution in [0.5, 0.6) is 0 Å². The molecule has 0 aliphatic carbocycles. The van der Waals surface area contributed by atoms with Gasteiger partial charge in [-0.2, -0.15) is 0 Å². The Morgan fingerprint density at radius 3 is 2.53 bits per heavy atom. The summed E-state index contributed by atoms with van der Waals surface area (Å²) in [4.78, 5) is 25.2. The van der Waals surface area contributed by atoms with Gasteiger partial charge in [-0.3, -0.25) is 0 Å². The van der Waals surface area contributed by atoms with E-state index in [2.05, 4.69) is 31.7 Å². The monoisotopic (exact) mass is 448 g/mol. The van der Waals surface area contributed by atoms with Gasteiger partial charge in [-0.1, -0.05) is 31.3 Å². The van der Waals surface area contributed by atoms with Crippen LogP contribution in [0.15, 0.2) is 48.8 Å². The third-order valence-corrected chi connectivity index (χ3v) is 5.52. The molecule has 0 aliphatic rings. The molecule has 2 heterocycles. The van der Waals surface area contributed by atoms with Crippen LogP contribution in [0.25, 0.3) is 10.2 Å². The molecule has 2 aromatic heterocycles. The van der Waals surface area contributed by atoms with Crippen LogP contribution in [-0.2, 0) is 4.74 Å². The van der Waals surface area contributed by atoms with Gasteiger partial charge in [0.05, 0.1) is 22.4 Å². The van der Waals surface area contributed by atoms with Crippen molar-refractivity contribution in [2.75, 3.05) is 23.0 Å². The molecule has 0 bridgehead atoms. The third kappa shape index (κ3) is 4.94. The summed E-state index contributed by atoms with van der Waals surface area (Å²) >= 11 is 1.53. The Hall–Kier alpha value is -3.72. The highest BCUT2D eigenvalue weighted by molar-refractivity contribution is 7.22. The molecule has 4 aromatic rings. The second kappa shape index (κ2) is 9.19.